The summed E-state index contributed by atoms with van der Waals surface area (Å²) in [4.78, 5) is 13.0. The Morgan fingerprint density at radius 1 is 1.26 bits per heavy atom. The van der Waals surface area contributed by atoms with Crippen molar-refractivity contribution in [3.8, 4) is 0 Å². The molecule has 0 atom stereocenters. The molecule has 1 aliphatic heterocycles. The molecule has 1 N–H and O–H groups in total. The predicted molar refractivity (Wildman–Crippen MR) is 74.0 cm³/mol. The first-order valence-corrected chi connectivity index (χ1v) is 6.53. The van der Waals surface area contributed by atoms with Crippen LogP contribution in [0.1, 0.15) is 32.3 Å². The SMILES string of the molecule is CC(C)N1CC[C-](c2ccccc2N[C-]=O)CC1.[Y]. The number of para-hydroxylation sites is 1. The van der Waals surface area contributed by atoms with Crippen LogP contribution in [0.3, 0.4) is 0 Å². The number of hydrogen-bond donors (Lipinski definition) is 1. The Morgan fingerprint density at radius 2 is 1.89 bits per heavy atom. The molecule has 19 heavy (non-hydrogen) atoms. The van der Waals surface area contributed by atoms with E-state index in [0.29, 0.717) is 6.04 Å². The molecule has 3 nitrogen and oxygen atoms in total. The van der Waals surface area contributed by atoms with Gasteiger partial charge in [0.05, 0.1) is 6.41 Å². The summed E-state index contributed by atoms with van der Waals surface area (Å²) >= 11 is 0. The summed E-state index contributed by atoms with van der Waals surface area (Å²) in [5.74, 6) is 1.44. The maximum Gasteiger partial charge on any atom is 0.0692 e. The van der Waals surface area contributed by atoms with Gasteiger partial charge < -0.3 is 15.0 Å². The molecule has 0 aliphatic carbocycles. The first-order chi connectivity index (χ1) is 8.72. The van der Waals surface area contributed by atoms with Gasteiger partial charge in [0.2, 0.25) is 0 Å². The molecule has 1 aromatic carbocycles. The summed E-state index contributed by atoms with van der Waals surface area (Å²) in [5.41, 5.74) is 2.05. The Bertz CT molecular complexity index is 401. The molecule has 1 heterocycles. The number of benzene rings is 1. The second-order valence-corrected chi connectivity index (χ2v) is 5.01. The molecule has 0 spiro atoms. The Morgan fingerprint density at radius 3 is 2.47 bits per heavy atom. The fraction of sp³-hybridized carbons (Fsp3) is 0.467. The van der Waals surface area contributed by atoms with Crippen molar-refractivity contribution >= 4 is 12.1 Å². The third-order valence-corrected chi connectivity index (χ3v) is 3.63. The minimum Gasteiger partial charge on any atom is -0.491 e. The van der Waals surface area contributed by atoms with E-state index in [1.54, 1.807) is 6.41 Å². The van der Waals surface area contributed by atoms with E-state index in [0.717, 1.165) is 31.6 Å². The van der Waals surface area contributed by atoms with Crippen LogP contribution in [0, 0.1) is 5.92 Å². The number of rotatable bonds is 4. The van der Waals surface area contributed by atoms with Gasteiger partial charge in [0.1, 0.15) is 0 Å². The summed E-state index contributed by atoms with van der Waals surface area (Å²) in [5, 5.41) is 2.67. The quantitative estimate of drug-likeness (QED) is 0.679. The van der Waals surface area contributed by atoms with Crippen molar-refractivity contribution in [1.29, 1.82) is 0 Å². The molecule has 0 unspecified atom stereocenters. The Balaban J connectivity index is 0.00000180. The van der Waals surface area contributed by atoms with Crippen LogP contribution in [0.4, 0.5) is 5.69 Å². The number of carbonyl (C=O) groups excluding carboxylic acids is 1. The van der Waals surface area contributed by atoms with E-state index in [1.165, 1.54) is 11.5 Å². The molecule has 101 valence electrons. The third kappa shape index (κ3) is 4.30. The van der Waals surface area contributed by atoms with Gasteiger partial charge in [-0.3, -0.25) is 0 Å². The van der Waals surface area contributed by atoms with Gasteiger partial charge in [-0.15, -0.1) is 17.8 Å². The number of nitrogens with one attached hydrogen (secondary N) is 1. The summed E-state index contributed by atoms with van der Waals surface area (Å²) < 4.78 is 0. The summed E-state index contributed by atoms with van der Waals surface area (Å²) in [6.07, 6.45) is 3.92. The van der Waals surface area contributed by atoms with Crippen molar-refractivity contribution < 1.29 is 37.5 Å². The van der Waals surface area contributed by atoms with Crippen molar-refractivity contribution in [2.45, 2.75) is 32.7 Å². The van der Waals surface area contributed by atoms with Crippen LogP contribution in [-0.2, 0) is 37.5 Å². The van der Waals surface area contributed by atoms with Crippen molar-refractivity contribution in [3.63, 3.8) is 0 Å². The maximum absolute atomic E-state index is 10.5. The van der Waals surface area contributed by atoms with E-state index in [1.807, 2.05) is 18.2 Å². The summed E-state index contributed by atoms with van der Waals surface area (Å²) in [7, 11) is 0. The molecule has 1 amide bonds. The van der Waals surface area contributed by atoms with Gasteiger partial charge in [0.25, 0.3) is 0 Å². The monoisotopic (exact) mass is 333 g/mol. The zero-order valence-corrected chi connectivity index (χ0v) is 14.5. The minimum atomic E-state index is 0. The molecule has 0 aromatic heterocycles. The van der Waals surface area contributed by atoms with E-state index in [4.69, 9.17) is 0 Å². The van der Waals surface area contributed by atoms with Gasteiger partial charge in [-0.1, -0.05) is 18.9 Å². The Kier molecular flexibility index (Phi) is 7.05. The van der Waals surface area contributed by atoms with Gasteiger partial charge in [0, 0.05) is 38.8 Å². The zero-order chi connectivity index (χ0) is 13.0. The predicted octanol–water partition coefficient (Wildman–Crippen LogP) is 2.59. The van der Waals surface area contributed by atoms with Crippen molar-refractivity contribution in [1.82, 2.24) is 4.90 Å². The number of piperidine rings is 1. The van der Waals surface area contributed by atoms with Crippen molar-refractivity contribution in [3.05, 3.63) is 35.7 Å². The van der Waals surface area contributed by atoms with Crippen molar-refractivity contribution in [2.75, 3.05) is 18.4 Å². The molecule has 4 heteroatoms. The molecule has 1 radical (unpaired) electrons. The number of anilines is 1. The summed E-state index contributed by atoms with van der Waals surface area (Å²) in [6, 6.07) is 8.59. The van der Waals surface area contributed by atoms with E-state index in [-0.39, 0.29) is 32.7 Å². The van der Waals surface area contributed by atoms with Crippen molar-refractivity contribution in [2.24, 2.45) is 0 Å². The van der Waals surface area contributed by atoms with Crippen LogP contribution >= 0.6 is 0 Å². The van der Waals surface area contributed by atoms with Gasteiger partial charge in [-0.2, -0.15) is 17.5 Å². The molecule has 1 saturated heterocycles. The first-order valence-electron chi connectivity index (χ1n) is 6.53. The number of amides is 1. The minimum absolute atomic E-state index is 0. The maximum atomic E-state index is 10.5. The average molecular weight is 333 g/mol. The molecular formula is C15H20N2OY-2. The fourth-order valence-corrected chi connectivity index (χ4v) is 2.54. The second-order valence-electron chi connectivity index (χ2n) is 5.01. The average Bonchev–Trinajstić information content (AvgIpc) is 2.40. The Labute approximate surface area is 141 Å². The normalized spacial score (nSPS) is 16.1. The largest absolute Gasteiger partial charge is 0.491 e. The number of likely N-dealkylation sites (tertiary alicyclic amines) is 1. The first kappa shape index (κ1) is 16.7. The fourth-order valence-electron chi connectivity index (χ4n) is 2.54. The van der Waals surface area contributed by atoms with Crippen LogP contribution in [0.2, 0.25) is 0 Å². The van der Waals surface area contributed by atoms with E-state index in [2.05, 4.69) is 30.1 Å². The van der Waals surface area contributed by atoms with Crippen LogP contribution in [0.5, 0.6) is 0 Å². The molecule has 0 bridgehead atoms. The van der Waals surface area contributed by atoms with Gasteiger partial charge in [-0.25, -0.2) is 0 Å². The second kappa shape index (κ2) is 8.03. The van der Waals surface area contributed by atoms with E-state index < -0.39 is 0 Å². The van der Waals surface area contributed by atoms with Crippen LogP contribution in [0.15, 0.2) is 24.3 Å². The van der Waals surface area contributed by atoms with Crippen LogP contribution in [-0.4, -0.2) is 30.4 Å². The molecule has 1 fully saturated rings. The van der Waals surface area contributed by atoms with Crippen LogP contribution < -0.4 is 5.32 Å². The van der Waals surface area contributed by atoms with Crippen LogP contribution in [0.25, 0.3) is 0 Å². The molecule has 1 aromatic rings. The number of nitrogens with zero attached hydrogens (tertiary/aromatic N) is 1. The summed E-state index contributed by atoms with van der Waals surface area (Å²) in [6.45, 7) is 6.68. The zero-order valence-electron chi connectivity index (χ0n) is 11.6. The van der Waals surface area contributed by atoms with Gasteiger partial charge in [0.15, 0.2) is 0 Å². The van der Waals surface area contributed by atoms with E-state index in [9.17, 15) is 4.79 Å². The standard InChI is InChI=1S/C15H20N2O.Y/c1-12(2)17-9-7-13(8-10-17)14-5-3-4-6-15(14)16-11-18;/h3-6,12H,7-10H2,1-2H3,(H,16,18);/q-2;. The molecular weight excluding hydrogens is 313 g/mol. The smallest absolute Gasteiger partial charge is 0.0692 e. The van der Waals surface area contributed by atoms with Gasteiger partial charge in [-0.05, 0) is 26.9 Å². The number of hydrogen-bond acceptors (Lipinski definition) is 2. The van der Waals surface area contributed by atoms with Gasteiger partial charge >= 0.3 is 0 Å². The molecule has 1 aliphatic rings. The Hall–Kier alpha value is -0.376. The molecule has 2 rings (SSSR count). The topological polar surface area (TPSA) is 32.3 Å². The molecule has 0 saturated carbocycles. The third-order valence-electron chi connectivity index (χ3n) is 3.63. The van der Waals surface area contributed by atoms with E-state index >= 15 is 0 Å².